The molecule has 6 nitrogen and oxygen atoms in total. The number of fused-ring (bicyclic) bond motifs is 1. The highest BCUT2D eigenvalue weighted by Gasteiger charge is 2.15. The molecule has 26 heavy (non-hydrogen) atoms. The van der Waals surface area contributed by atoms with Gasteiger partial charge in [0.25, 0.3) is 0 Å². The minimum absolute atomic E-state index is 0.0416. The van der Waals surface area contributed by atoms with E-state index in [1.807, 2.05) is 45.3 Å². The van der Waals surface area contributed by atoms with E-state index in [0.717, 1.165) is 40.8 Å². The van der Waals surface area contributed by atoms with Crippen LogP contribution in [-0.2, 0) is 11.3 Å². The summed E-state index contributed by atoms with van der Waals surface area (Å²) in [5, 5.41) is 8.51. The highest BCUT2D eigenvalue weighted by atomic mass is 16.2. The third kappa shape index (κ3) is 4.08. The maximum Gasteiger partial charge on any atom is 0.241 e. The molecule has 1 N–H and O–H groups in total. The molecule has 1 amide bonds. The largest absolute Gasteiger partial charge is 0.354 e. The smallest absolute Gasteiger partial charge is 0.241 e. The Bertz CT molecular complexity index is 886. The summed E-state index contributed by atoms with van der Waals surface area (Å²) in [5.74, 6) is -0.0416. The molecule has 1 aromatic carbocycles. The lowest BCUT2D eigenvalue weighted by Gasteiger charge is -2.10. The van der Waals surface area contributed by atoms with Gasteiger partial charge in [-0.3, -0.25) is 4.79 Å². The van der Waals surface area contributed by atoms with Gasteiger partial charge in [-0.05, 0) is 51.2 Å². The van der Waals surface area contributed by atoms with Crippen molar-refractivity contribution in [3.63, 3.8) is 0 Å². The van der Waals surface area contributed by atoms with Gasteiger partial charge in [0.1, 0.15) is 6.54 Å². The van der Waals surface area contributed by atoms with Crippen LogP contribution in [0.2, 0.25) is 0 Å². The van der Waals surface area contributed by atoms with Gasteiger partial charge in [-0.1, -0.05) is 30.3 Å². The number of nitrogens with zero attached hydrogens (tertiary/aromatic N) is 4. The van der Waals surface area contributed by atoms with Crippen LogP contribution in [0, 0.1) is 6.92 Å². The Morgan fingerprint density at radius 2 is 1.96 bits per heavy atom. The fourth-order valence-electron chi connectivity index (χ4n) is 3.07. The number of hydrogen-bond donors (Lipinski definition) is 1. The number of aryl methyl sites for hydroxylation is 1. The van der Waals surface area contributed by atoms with Crippen LogP contribution in [0.4, 0.5) is 0 Å². The number of carbonyl (C=O) groups excluding carboxylic acids is 1. The van der Waals surface area contributed by atoms with E-state index >= 15 is 0 Å². The topological polar surface area (TPSA) is 63.1 Å². The van der Waals surface area contributed by atoms with Crippen LogP contribution in [0.5, 0.6) is 0 Å². The summed E-state index contributed by atoms with van der Waals surface area (Å²) in [6.07, 6.45) is 2.70. The Morgan fingerprint density at radius 3 is 2.69 bits per heavy atom. The van der Waals surface area contributed by atoms with Crippen molar-refractivity contribution in [3.05, 3.63) is 48.3 Å². The zero-order valence-electron chi connectivity index (χ0n) is 15.6. The number of benzene rings is 1. The quantitative estimate of drug-likeness (QED) is 0.664. The van der Waals surface area contributed by atoms with E-state index in [-0.39, 0.29) is 12.5 Å². The molecule has 0 unspecified atom stereocenters. The first-order chi connectivity index (χ1) is 12.6. The number of hydrogen-bond acceptors (Lipinski definition) is 4. The fourth-order valence-corrected chi connectivity index (χ4v) is 3.07. The van der Waals surface area contributed by atoms with E-state index in [1.165, 1.54) is 0 Å². The number of aromatic nitrogens is 3. The highest BCUT2D eigenvalue weighted by Crippen LogP contribution is 2.29. The van der Waals surface area contributed by atoms with Crippen molar-refractivity contribution in [2.75, 3.05) is 27.2 Å². The van der Waals surface area contributed by atoms with Gasteiger partial charge in [0, 0.05) is 18.1 Å². The summed E-state index contributed by atoms with van der Waals surface area (Å²) in [6, 6.07) is 12.2. The molecule has 0 aliphatic heterocycles. The normalized spacial score (nSPS) is 11.2. The van der Waals surface area contributed by atoms with Gasteiger partial charge in [-0.15, -0.1) is 0 Å². The van der Waals surface area contributed by atoms with Crippen LogP contribution in [0.1, 0.15) is 12.1 Å². The van der Waals surface area contributed by atoms with Gasteiger partial charge in [0.05, 0.1) is 5.69 Å². The van der Waals surface area contributed by atoms with Crippen molar-refractivity contribution in [3.8, 4) is 11.1 Å². The number of pyridine rings is 1. The Kier molecular flexibility index (Phi) is 5.63. The van der Waals surface area contributed by atoms with E-state index < -0.39 is 0 Å². The molecule has 0 bridgehead atoms. The van der Waals surface area contributed by atoms with E-state index in [2.05, 4.69) is 32.4 Å². The lowest BCUT2D eigenvalue weighted by Crippen LogP contribution is -2.30. The number of rotatable bonds is 7. The summed E-state index contributed by atoms with van der Waals surface area (Å²) < 4.78 is 1.69. The minimum atomic E-state index is -0.0416. The lowest BCUT2D eigenvalue weighted by molar-refractivity contribution is -0.121. The summed E-state index contributed by atoms with van der Waals surface area (Å²) in [7, 11) is 4.05. The molecule has 136 valence electrons. The summed E-state index contributed by atoms with van der Waals surface area (Å²) in [6.45, 7) is 3.75. The number of amides is 1. The standard InChI is InChI=1S/C20H25N5O/c1-15-19-17(16-8-5-4-6-9-16)10-12-22-20(19)25(23-15)14-18(26)21-11-7-13-24(2)3/h4-6,8-10,12H,7,11,13-14H2,1-3H3,(H,21,26). The minimum Gasteiger partial charge on any atom is -0.354 e. The molecule has 3 rings (SSSR count). The molecule has 0 saturated carbocycles. The first-order valence-electron chi connectivity index (χ1n) is 8.85. The molecule has 2 heterocycles. The van der Waals surface area contributed by atoms with Crippen molar-refractivity contribution in [2.24, 2.45) is 0 Å². The van der Waals surface area contributed by atoms with Gasteiger partial charge < -0.3 is 10.2 Å². The molecule has 2 aromatic heterocycles. The maximum atomic E-state index is 12.3. The van der Waals surface area contributed by atoms with Gasteiger partial charge in [-0.2, -0.15) is 5.10 Å². The molecular weight excluding hydrogens is 326 g/mol. The third-order valence-electron chi connectivity index (χ3n) is 4.29. The first-order valence-corrected chi connectivity index (χ1v) is 8.85. The molecule has 3 aromatic rings. The first kappa shape index (κ1) is 18.1. The second kappa shape index (κ2) is 8.10. The Morgan fingerprint density at radius 1 is 1.19 bits per heavy atom. The Labute approximate surface area is 153 Å². The van der Waals surface area contributed by atoms with Crippen LogP contribution in [0.25, 0.3) is 22.2 Å². The van der Waals surface area contributed by atoms with Crippen molar-refractivity contribution in [1.29, 1.82) is 0 Å². The van der Waals surface area contributed by atoms with Gasteiger partial charge in [0.15, 0.2) is 5.65 Å². The van der Waals surface area contributed by atoms with Crippen molar-refractivity contribution in [2.45, 2.75) is 19.9 Å². The molecule has 0 aliphatic rings. The monoisotopic (exact) mass is 351 g/mol. The predicted octanol–water partition coefficient (Wildman–Crippen LogP) is 2.47. The molecular formula is C20H25N5O. The van der Waals surface area contributed by atoms with Crippen LogP contribution >= 0.6 is 0 Å². The van der Waals surface area contributed by atoms with Gasteiger partial charge >= 0.3 is 0 Å². The molecule has 0 radical (unpaired) electrons. The van der Waals surface area contributed by atoms with E-state index in [0.29, 0.717) is 6.54 Å². The molecule has 0 aliphatic carbocycles. The van der Waals surface area contributed by atoms with Crippen LogP contribution in [-0.4, -0.2) is 52.8 Å². The molecule has 0 spiro atoms. The van der Waals surface area contributed by atoms with Crippen molar-refractivity contribution >= 4 is 16.9 Å². The summed E-state index contributed by atoms with van der Waals surface area (Å²) in [4.78, 5) is 18.8. The van der Waals surface area contributed by atoms with E-state index in [9.17, 15) is 4.79 Å². The SMILES string of the molecule is Cc1nn(CC(=O)NCCCN(C)C)c2nccc(-c3ccccc3)c12. The Balaban J connectivity index is 1.79. The average molecular weight is 351 g/mol. The molecule has 0 fully saturated rings. The number of carbonyl (C=O) groups is 1. The molecule has 0 atom stereocenters. The third-order valence-corrected chi connectivity index (χ3v) is 4.29. The summed E-state index contributed by atoms with van der Waals surface area (Å²) in [5.41, 5.74) is 3.83. The second-order valence-electron chi connectivity index (χ2n) is 6.67. The van der Waals surface area contributed by atoms with Crippen molar-refractivity contribution in [1.82, 2.24) is 25.0 Å². The Hall–Kier alpha value is -2.73. The van der Waals surface area contributed by atoms with Gasteiger partial charge in [-0.25, -0.2) is 9.67 Å². The lowest BCUT2D eigenvalue weighted by atomic mass is 10.0. The molecule has 6 heteroatoms. The molecule has 0 saturated heterocycles. The predicted molar refractivity (Wildman–Crippen MR) is 104 cm³/mol. The van der Waals surface area contributed by atoms with Crippen LogP contribution in [0.3, 0.4) is 0 Å². The fraction of sp³-hybridized carbons (Fsp3) is 0.350. The average Bonchev–Trinajstić information content (AvgIpc) is 2.95. The van der Waals surface area contributed by atoms with Gasteiger partial charge in [0.2, 0.25) is 5.91 Å². The maximum absolute atomic E-state index is 12.3. The number of nitrogens with one attached hydrogen (secondary N) is 1. The van der Waals surface area contributed by atoms with E-state index in [1.54, 1.807) is 10.9 Å². The zero-order valence-corrected chi connectivity index (χ0v) is 15.6. The summed E-state index contributed by atoms with van der Waals surface area (Å²) >= 11 is 0. The van der Waals surface area contributed by atoms with Crippen molar-refractivity contribution < 1.29 is 4.79 Å². The van der Waals surface area contributed by atoms with Crippen LogP contribution < -0.4 is 5.32 Å². The second-order valence-corrected chi connectivity index (χ2v) is 6.67. The highest BCUT2D eigenvalue weighted by molar-refractivity contribution is 5.95. The zero-order chi connectivity index (χ0) is 18.5. The van der Waals surface area contributed by atoms with Crippen LogP contribution in [0.15, 0.2) is 42.6 Å². The van der Waals surface area contributed by atoms with E-state index in [4.69, 9.17) is 0 Å².